The molecule has 0 spiro atoms. The van der Waals surface area contributed by atoms with Gasteiger partial charge in [0.1, 0.15) is 0 Å². The van der Waals surface area contributed by atoms with E-state index in [1.54, 1.807) is 0 Å². The van der Waals surface area contributed by atoms with Crippen molar-refractivity contribution < 1.29 is 0 Å². The summed E-state index contributed by atoms with van der Waals surface area (Å²) in [6.45, 7) is 1.96. The van der Waals surface area contributed by atoms with Gasteiger partial charge in [-0.3, -0.25) is 0 Å². The van der Waals surface area contributed by atoms with Gasteiger partial charge < -0.3 is 11.1 Å². The molecule has 0 amide bonds. The fourth-order valence-electron chi connectivity index (χ4n) is 0.625. The summed E-state index contributed by atoms with van der Waals surface area (Å²) in [5.74, 6) is 2.49. The monoisotopic (exact) mass is 162 g/mol. The Morgan fingerprint density at radius 3 is 2.70 bits per heavy atom. The van der Waals surface area contributed by atoms with Crippen molar-refractivity contribution in [1.82, 2.24) is 5.32 Å². The molecule has 10 heavy (non-hydrogen) atoms. The summed E-state index contributed by atoms with van der Waals surface area (Å²) in [5.41, 5.74) is 5.35. The molecule has 0 aliphatic rings. The average Bonchev–Trinajstić information content (AvgIpc) is 1.97. The van der Waals surface area contributed by atoms with Gasteiger partial charge in [0.05, 0.1) is 0 Å². The first kappa shape index (κ1) is 10.3. The number of thioether (sulfide) groups is 1. The van der Waals surface area contributed by atoms with Gasteiger partial charge in [-0.15, -0.1) is 0 Å². The molecule has 0 aromatic heterocycles. The molecule has 0 fully saturated rings. The van der Waals surface area contributed by atoms with Crippen molar-refractivity contribution >= 4 is 11.8 Å². The summed E-state index contributed by atoms with van der Waals surface area (Å²) in [5, 5.41) is 3.11. The standard InChI is InChI=1S/C7H18N2S/c1-9-5-7-10-6-3-2-4-8/h9H,2-8H2,1H3. The van der Waals surface area contributed by atoms with E-state index in [2.05, 4.69) is 5.32 Å². The van der Waals surface area contributed by atoms with Gasteiger partial charge in [-0.25, -0.2) is 0 Å². The van der Waals surface area contributed by atoms with Crippen LogP contribution < -0.4 is 11.1 Å². The second kappa shape index (κ2) is 9.27. The number of nitrogens with two attached hydrogens (primary N) is 1. The molecule has 0 aromatic carbocycles. The lowest BCUT2D eigenvalue weighted by Crippen LogP contribution is -2.10. The van der Waals surface area contributed by atoms with Gasteiger partial charge in [-0.1, -0.05) is 0 Å². The molecule has 0 aliphatic carbocycles. The molecule has 62 valence electrons. The van der Waals surface area contributed by atoms with Gasteiger partial charge in [0, 0.05) is 12.3 Å². The van der Waals surface area contributed by atoms with Crippen LogP contribution in [0.4, 0.5) is 0 Å². The lowest BCUT2D eigenvalue weighted by molar-refractivity contribution is 0.812. The third kappa shape index (κ3) is 8.27. The van der Waals surface area contributed by atoms with Gasteiger partial charge >= 0.3 is 0 Å². The van der Waals surface area contributed by atoms with E-state index in [0.717, 1.165) is 13.1 Å². The highest BCUT2D eigenvalue weighted by Crippen LogP contribution is 2.02. The number of rotatable bonds is 7. The molecule has 0 aromatic rings. The minimum absolute atomic E-state index is 0.840. The molecule has 0 aliphatic heterocycles. The normalized spacial score (nSPS) is 10.2. The number of unbranched alkanes of at least 4 members (excludes halogenated alkanes) is 1. The molecule has 2 nitrogen and oxygen atoms in total. The zero-order chi connectivity index (χ0) is 7.66. The zero-order valence-corrected chi connectivity index (χ0v) is 7.54. The van der Waals surface area contributed by atoms with Gasteiger partial charge in [-0.05, 0) is 32.2 Å². The van der Waals surface area contributed by atoms with Crippen molar-refractivity contribution in [3.05, 3.63) is 0 Å². The maximum absolute atomic E-state index is 5.35. The molecule has 0 radical (unpaired) electrons. The topological polar surface area (TPSA) is 38.0 Å². The Bertz CT molecular complexity index is 51.6. The Balaban J connectivity index is 2.65. The number of nitrogens with one attached hydrogen (secondary N) is 1. The van der Waals surface area contributed by atoms with E-state index in [1.165, 1.54) is 24.3 Å². The fourth-order valence-corrected chi connectivity index (χ4v) is 1.59. The predicted octanol–water partition coefficient (Wildman–Crippen LogP) is 0.678. The SMILES string of the molecule is CNCCSCCCCN. The molecule has 0 saturated heterocycles. The van der Waals surface area contributed by atoms with Crippen LogP contribution in [0.2, 0.25) is 0 Å². The lowest BCUT2D eigenvalue weighted by atomic mass is 10.3. The molecule has 0 bridgehead atoms. The van der Waals surface area contributed by atoms with Crippen molar-refractivity contribution in [1.29, 1.82) is 0 Å². The highest BCUT2D eigenvalue weighted by Gasteiger charge is 1.87. The summed E-state index contributed by atoms with van der Waals surface area (Å²) >= 11 is 2.00. The van der Waals surface area contributed by atoms with E-state index in [-0.39, 0.29) is 0 Å². The lowest BCUT2D eigenvalue weighted by Gasteiger charge is -1.98. The third-order valence-corrected chi connectivity index (χ3v) is 2.31. The quantitative estimate of drug-likeness (QED) is 0.541. The summed E-state index contributed by atoms with van der Waals surface area (Å²) in [4.78, 5) is 0. The summed E-state index contributed by atoms with van der Waals surface area (Å²) in [6, 6.07) is 0. The highest BCUT2D eigenvalue weighted by molar-refractivity contribution is 7.99. The average molecular weight is 162 g/mol. The Morgan fingerprint density at radius 1 is 1.30 bits per heavy atom. The van der Waals surface area contributed by atoms with E-state index in [0.29, 0.717) is 0 Å². The van der Waals surface area contributed by atoms with Crippen LogP contribution in [0.25, 0.3) is 0 Å². The number of hydrogen-bond donors (Lipinski definition) is 2. The summed E-state index contributed by atoms with van der Waals surface area (Å²) in [7, 11) is 1.99. The van der Waals surface area contributed by atoms with Crippen LogP contribution in [0.15, 0.2) is 0 Å². The van der Waals surface area contributed by atoms with Crippen molar-refractivity contribution in [3.8, 4) is 0 Å². The van der Waals surface area contributed by atoms with Crippen molar-refractivity contribution in [2.24, 2.45) is 5.73 Å². The van der Waals surface area contributed by atoms with E-state index >= 15 is 0 Å². The van der Waals surface area contributed by atoms with Crippen LogP contribution in [0.1, 0.15) is 12.8 Å². The zero-order valence-electron chi connectivity index (χ0n) is 6.73. The molecule has 0 atom stereocenters. The van der Waals surface area contributed by atoms with Gasteiger partial charge in [0.25, 0.3) is 0 Å². The van der Waals surface area contributed by atoms with Crippen LogP contribution in [0.5, 0.6) is 0 Å². The molecule has 0 unspecified atom stereocenters. The van der Waals surface area contributed by atoms with Crippen LogP contribution in [-0.4, -0.2) is 31.6 Å². The second-order valence-corrected chi connectivity index (χ2v) is 3.44. The molecular formula is C7H18N2S. The molecule has 0 rings (SSSR count). The largest absolute Gasteiger partial charge is 0.330 e. The van der Waals surface area contributed by atoms with Gasteiger partial charge in [0.2, 0.25) is 0 Å². The van der Waals surface area contributed by atoms with Crippen LogP contribution in [-0.2, 0) is 0 Å². The Morgan fingerprint density at radius 2 is 2.10 bits per heavy atom. The molecule has 3 N–H and O–H groups in total. The van der Waals surface area contributed by atoms with Crippen molar-refractivity contribution in [2.75, 3.05) is 31.6 Å². The van der Waals surface area contributed by atoms with Crippen molar-refractivity contribution in [2.45, 2.75) is 12.8 Å². The smallest absolute Gasteiger partial charge is 0.00579 e. The molecule has 0 heterocycles. The van der Waals surface area contributed by atoms with E-state index in [9.17, 15) is 0 Å². The van der Waals surface area contributed by atoms with Crippen molar-refractivity contribution in [3.63, 3.8) is 0 Å². The Kier molecular flexibility index (Phi) is 9.52. The summed E-state index contributed by atoms with van der Waals surface area (Å²) in [6.07, 6.45) is 2.44. The third-order valence-electron chi connectivity index (χ3n) is 1.24. The van der Waals surface area contributed by atoms with E-state index in [1.807, 2.05) is 18.8 Å². The minimum Gasteiger partial charge on any atom is -0.330 e. The first-order valence-electron chi connectivity index (χ1n) is 3.84. The van der Waals surface area contributed by atoms with E-state index < -0.39 is 0 Å². The van der Waals surface area contributed by atoms with Crippen LogP contribution in [0.3, 0.4) is 0 Å². The van der Waals surface area contributed by atoms with Crippen LogP contribution in [0, 0.1) is 0 Å². The maximum Gasteiger partial charge on any atom is 0.00579 e. The van der Waals surface area contributed by atoms with Gasteiger partial charge in [0.15, 0.2) is 0 Å². The molecule has 0 saturated carbocycles. The van der Waals surface area contributed by atoms with E-state index in [4.69, 9.17) is 5.73 Å². The van der Waals surface area contributed by atoms with Crippen LogP contribution >= 0.6 is 11.8 Å². The highest BCUT2D eigenvalue weighted by atomic mass is 32.2. The first-order valence-corrected chi connectivity index (χ1v) is 4.99. The minimum atomic E-state index is 0.840. The Labute approximate surface area is 67.9 Å². The first-order chi connectivity index (χ1) is 4.91. The Hall–Kier alpha value is 0.270. The maximum atomic E-state index is 5.35. The second-order valence-electron chi connectivity index (χ2n) is 2.21. The predicted molar refractivity (Wildman–Crippen MR) is 49.5 cm³/mol. The molecular weight excluding hydrogens is 144 g/mol. The fraction of sp³-hybridized carbons (Fsp3) is 1.00. The summed E-state index contributed by atoms with van der Waals surface area (Å²) < 4.78 is 0. The number of hydrogen-bond acceptors (Lipinski definition) is 3. The van der Waals surface area contributed by atoms with Gasteiger partial charge in [-0.2, -0.15) is 11.8 Å². The molecule has 3 heteroatoms.